The van der Waals surface area contributed by atoms with Gasteiger partial charge in [0.1, 0.15) is 33.8 Å². The molecule has 0 spiro atoms. The van der Waals surface area contributed by atoms with Crippen molar-refractivity contribution < 1.29 is 36.3 Å². The Morgan fingerprint density at radius 1 is 1.21 bits per heavy atom. The van der Waals surface area contributed by atoms with Crippen molar-refractivity contribution in [3.63, 3.8) is 0 Å². The Bertz CT molecular complexity index is 2100. The van der Waals surface area contributed by atoms with E-state index in [2.05, 4.69) is 9.97 Å². The number of nitriles is 2. The highest BCUT2D eigenvalue weighted by Crippen LogP contribution is 2.45. The SMILES string of the molecule is [2H]C([2H])([2H])N1CC[C@H](C(F)F)[C@](C)(COc2nc(N3CCOC[C@@](C)(O)C3)c3cc(C#N)c(-c4c(F)ccc5sc(N)c(C#N)c45)c(F)c3n2)C1. The average molecular weight is 687 g/mol. The molecule has 4 aromatic rings. The monoisotopic (exact) mass is 686 g/mol. The second kappa shape index (κ2) is 12.6. The molecule has 48 heavy (non-hydrogen) atoms. The van der Waals surface area contributed by atoms with Crippen molar-refractivity contribution in [1.29, 1.82) is 10.5 Å². The van der Waals surface area contributed by atoms with Crippen molar-refractivity contribution in [2.24, 2.45) is 11.3 Å². The number of hydrogen-bond acceptors (Lipinski definition) is 11. The molecule has 2 saturated heterocycles. The highest BCUT2D eigenvalue weighted by Gasteiger charge is 2.44. The zero-order chi connectivity index (χ0) is 37.0. The van der Waals surface area contributed by atoms with Gasteiger partial charge in [0, 0.05) is 55.1 Å². The number of aliphatic hydroxyl groups is 1. The lowest BCUT2D eigenvalue weighted by Crippen LogP contribution is -2.51. The van der Waals surface area contributed by atoms with Crippen molar-refractivity contribution >= 4 is 43.1 Å². The van der Waals surface area contributed by atoms with Gasteiger partial charge in [0.25, 0.3) is 0 Å². The Balaban J connectivity index is 1.56. The number of nitrogen functional groups attached to an aromatic ring is 1. The predicted octanol–water partition coefficient (Wildman–Crippen LogP) is 5.30. The molecule has 2 aliphatic rings. The molecule has 0 radical (unpaired) electrons. The zero-order valence-electron chi connectivity index (χ0n) is 29.0. The van der Waals surface area contributed by atoms with E-state index in [9.17, 15) is 24.4 Å². The van der Waals surface area contributed by atoms with E-state index in [0.29, 0.717) is 4.70 Å². The minimum absolute atomic E-state index is 0.00122. The van der Waals surface area contributed by atoms with Gasteiger partial charge in [-0.3, -0.25) is 0 Å². The van der Waals surface area contributed by atoms with Crippen LogP contribution in [-0.2, 0) is 4.74 Å². The lowest BCUT2D eigenvalue weighted by molar-refractivity contribution is -0.0679. The van der Waals surface area contributed by atoms with Crippen LogP contribution >= 0.6 is 11.3 Å². The van der Waals surface area contributed by atoms with Crippen LogP contribution in [0.25, 0.3) is 32.1 Å². The molecule has 4 heterocycles. The highest BCUT2D eigenvalue weighted by atomic mass is 32.1. The van der Waals surface area contributed by atoms with Gasteiger partial charge in [-0.15, -0.1) is 11.3 Å². The van der Waals surface area contributed by atoms with Crippen LogP contribution in [0.5, 0.6) is 6.01 Å². The molecule has 252 valence electrons. The van der Waals surface area contributed by atoms with Crippen molar-refractivity contribution in [3.8, 4) is 29.3 Å². The van der Waals surface area contributed by atoms with E-state index >= 15 is 8.78 Å². The van der Waals surface area contributed by atoms with Gasteiger partial charge in [0.15, 0.2) is 5.82 Å². The van der Waals surface area contributed by atoms with E-state index in [4.69, 9.17) is 19.3 Å². The second-order valence-electron chi connectivity index (χ2n) is 12.8. The van der Waals surface area contributed by atoms with Gasteiger partial charge >= 0.3 is 6.01 Å². The number of fused-ring (bicyclic) bond motifs is 2. The summed E-state index contributed by atoms with van der Waals surface area (Å²) < 4.78 is 96.9. The topological polar surface area (TPSA) is 145 Å². The molecule has 0 unspecified atom stereocenters. The molecule has 3 N–H and O–H groups in total. The van der Waals surface area contributed by atoms with E-state index in [1.165, 1.54) is 26.0 Å². The number of ether oxygens (including phenoxy) is 2. The molecule has 2 fully saturated rings. The summed E-state index contributed by atoms with van der Waals surface area (Å²) in [5.41, 5.74) is 1.56. The van der Waals surface area contributed by atoms with Crippen LogP contribution in [-0.4, -0.2) is 85.0 Å². The first-order valence-electron chi connectivity index (χ1n) is 16.5. The number of benzene rings is 2. The molecule has 3 atom stereocenters. The lowest BCUT2D eigenvalue weighted by Gasteiger charge is -2.44. The smallest absolute Gasteiger partial charge is 0.319 e. The average Bonchev–Trinajstić information content (AvgIpc) is 3.27. The van der Waals surface area contributed by atoms with E-state index < -0.39 is 65.7 Å². The molecule has 0 bridgehead atoms. The number of thiophene rings is 1. The highest BCUT2D eigenvalue weighted by molar-refractivity contribution is 7.23. The van der Waals surface area contributed by atoms with Crippen molar-refractivity contribution in [3.05, 3.63) is 41.0 Å². The number of alkyl halides is 2. The van der Waals surface area contributed by atoms with Gasteiger partial charge in [0.2, 0.25) is 6.43 Å². The van der Waals surface area contributed by atoms with Crippen LogP contribution in [0.15, 0.2) is 18.2 Å². The quantitative estimate of drug-likeness (QED) is 0.256. The number of nitrogens with zero attached hydrogens (tertiary/aromatic N) is 6. The summed E-state index contributed by atoms with van der Waals surface area (Å²) in [5.74, 6) is -3.31. The first-order chi connectivity index (χ1) is 24.0. The lowest BCUT2D eigenvalue weighted by atomic mass is 9.73. The minimum Gasteiger partial charge on any atom is -0.463 e. The fourth-order valence-corrected chi connectivity index (χ4v) is 7.57. The van der Waals surface area contributed by atoms with Gasteiger partial charge in [-0.05, 0) is 45.1 Å². The standard InChI is InChI=1S/C33H33F4N7O3S/c1-32(13-43(3)7-6-20(32)28(36)37)15-47-31-41-27-18(30(42-31)44-8-9-46-16-33(2,45)14-44)10-17(11-38)23(26(27)35)25-21(34)4-5-22-24(25)19(12-39)29(40)48-22/h4-5,10,20,28,45H,6-9,13-16,40H2,1-3H3/t20-,32+,33+/m1/s1/i3D3. The van der Waals surface area contributed by atoms with Crippen molar-refractivity contribution in [1.82, 2.24) is 14.9 Å². The molecule has 2 aromatic heterocycles. The van der Waals surface area contributed by atoms with E-state index in [-0.39, 0.29) is 84.1 Å². The number of hydrogen-bond donors (Lipinski definition) is 2. The number of β-amino-alcohol motifs (C(OH)–C–C–N with tert-alkyl or cyclic N) is 1. The van der Waals surface area contributed by atoms with Crippen LogP contribution in [0.3, 0.4) is 0 Å². The Kier molecular flexibility index (Phi) is 7.85. The van der Waals surface area contributed by atoms with Crippen molar-refractivity contribution in [2.45, 2.75) is 32.3 Å². The van der Waals surface area contributed by atoms with Gasteiger partial charge < -0.3 is 30.1 Å². The summed E-state index contributed by atoms with van der Waals surface area (Å²) in [6.07, 6.45) is -2.91. The predicted molar refractivity (Wildman–Crippen MR) is 173 cm³/mol. The molecule has 15 heteroatoms. The van der Waals surface area contributed by atoms with E-state index in [1.54, 1.807) is 4.90 Å². The summed E-state index contributed by atoms with van der Waals surface area (Å²) in [6, 6.07) is 7.14. The maximum absolute atomic E-state index is 17.1. The van der Waals surface area contributed by atoms with Crippen LogP contribution in [0, 0.1) is 45.6 Å². The molecule has 6 rings (SSSR count). The largest absolute Gasteiger partial charge is 0.463 e. The number of nitrogens with two attached hydrogens (primary N) is 1. The molecule has 2 aliphatic heterocycles. The Hall–Kier alpha value is -4.28. The number of aromatic nitrogens is 2. The first kappa shape index (κ1) is 29.8. The number of piperidine rings is 1. The molecule has 0 aliphatic carbocycles. The molecule has 0 amide bonds. The van der Waals surface area contributed by atoms with Gasteiger partial charge in [-0.2, -0.15) is 20.5 Å². The van der Waals surface area contributed by atoms with Gasteiger partial charge in [-0.1, -0.05) is 6.92 Å². The fourth-order valence-electron chi connectivity index (χ4n) is 6.64. The number of halogens is 4. The van der Waals surface area contributed by atoms with Crippen LogP contribution in [0.2, 0.25) is 0 Å². The summed E-state index contributed by atoms with van der Waals surface area (Å²) in [5, 5.41) is 31.2. The van der Waals surface area contributed by atoms with Crippen LogP contribution < -0.4 is 15.4 Å². The molecular formula is C33H33F4N7O3S. The van der Waals surface area contributed by atoms with Crippen LogP contribution in [0.4, 0.5) is 28.4 Å². The van der Waals surface area contributed by atoms with Crippen molar-refractivity contribution in [2.75, 3.05) is 63.6 Å². The normalized spacial score (nSPS) is 24.9. The summed E-state index contributed by atoms with van der Waals surface area (Å²) in [6.45, 7) is -0.144. The third kappa shape index (κ3) is 5.96. The maximum Gasteiger partial charge on any atom is 0.319 e. The summed E-state index contributed by atoms with van der Waals surface area (Å²) >= 11 is 0.996. The van der Waals surface area contributed by atoms with Gasteiger partial charge in [0.05, 0.1) is 43.6 Å². The van der Waals surface area contributed by atoms with E-state index in [0.717, 1.165) is 22.3 Å². The maximum atomic E-state index is 17.1. The Morgan fingerprint density at radius 3 is 2.71 bits per heavy atom. The first-order valence-corrected chi connectivity index (χ1v) is 15.9. The molecule has 2 aromatic carbocycles. The molecular weight excluding hydrogens is 650 g/mol. The number of likely N-dealkylation sites (tertiary alicyclic amines) is 1. The Morgan fingerprint density at radius 2 is 2.00 bits per heavy atom. The van der Waals surface area contributed by atoms with Gasteiger partial charge in [-0.25, -0.2) is 17.6 Å². The number of anilines is 2. The van der Waals surface area contributed by atoms with Crippen LogP contribution in [0.1, 0.15) is 35.5 Å². The molecule has 10 nitrogen and oxygen atoms in total. The number of rotatable bonds is 6. The summed E-state index contributed by atoms with van der Waals surface area (Å²) in [4.78, 5) is 11.5. The third-order valence-electron chi connectivity index (χ3n) is 8.95. The third-order valence-corrected chi connectivity index (χ3v) is 9.93. The van der Waals surface area contributed by atoms with E-state index in [1.807, 2.05) is 12.1 Å². The molecule has 0 saturated carbocycles. The fraction of sp³-hybridized carbons (Fsp3) is 0.455. The summed E-state index contributed by atoms with van der Waals surface area (Å²) in [7, 11) is 0. The minimum atomic E-state index is -2.80. The second-order valence-corrected chi connectivity index (χ2v) is 13.8. The zero-order valence-corrected chi connectivity index (χ0v) is 26.8. The Labute approximate surface area is 282 Å².